The molecule has 0 spiro atoms. The van der Waals surface area contributed by atoms with Crippen molar-refractivity contribution in [2.45, 2.75) is 0 Å². The summed E-state index contributed by atoms with van der Waals surface area (Å²) in [4.78, 5) is 29.0. The van der Waals surface area contributed by atoms with Crippen LogP contribution in [0, 0.1) is 0 Å². The Morgan fingerprint density at radius 1 is 1.03 bits per heavy atom. The molecule has 1 aromatic heterocycles. The summed E-state index contributed by atoms with van der Waals surface area (Å²) in [6.45, 7) is -0.381. The van der Waals surface area contributed by atoms with Crippen LogP contribution < -0.4 is 5.32 Å². The maximum absolute atomic E-state index is 12.4. The monoisotopic (exact) mass is 466 g/mol. The summed E-state index contributed by atoms with van der Waals surface area (Å²) in [5.74, 6) is -0.973. The van der Waals surface area contributed by atoms with Crippen molar-refractivity contribution >= 4 is 55.0 Å². The zero-order valence-corrected chi connectivity index (χ0v) is 17.5. The Balaban J connectivity index is 1.38. The van der Waals surface area contributed by atoms with Gasteiger partial charge in [-0.05, 0) is 29.0 Å². The molecule has 4 rings (SSSR count). The third kappa shape index (κ3) is 4.52. The number of hydrogen-bond acceptors (Lipinski definition) is 5. The lowest BCUT2D eigenvalue weighted by Crippen LogP contribution is -2.21. The molecule has 3 aromatic carbocycles. The van der Waals surface area contributed by atoms with E-state index in [2.05, 4.69) is 26.2 Å². The number of carbonyl (C=O) groups excluding carboxylic acids is 2. The standard InChI is InChI=1S/C22H15BrN2O3S/c23-16-8-3-7-15(11-16)19-13-29-22(24-19)25-20(26)12-28-21(27)18-10-4-6-14-5-1-2-9-17(14)18/h1-11,13H,12H2,(H,24,25,26). The SMILES string of the molecule is O=C(COC(=O)c1cccc2ccccc12)Nc1nc(-c2cccc(Br)c2)cs1. The first kappa shape index (κ1) is 19.3. The van der Waals surface area contributed by atoms with Gasteiger partial charge in [-0.3, -0.25) is 10.1 Å². The highest BCUT2D eigenvalue weighted by Gasteiger charge is 2.14. The molecule has 0 fully saturated rings. The number of esters is 1. The van der Waals surface area contributed by atoms with Crippen LogP contribution in [0.4, 0.5) is 5.13 Å². The van der Waals surface area contributed by atoms with E-state index in [1.165, 1.54) is 11.3 Å². The number of halogens is 1. The Morgan fingerprint density at radius 2 is 1.83 bits per heavy atom. The van der Waals surface area contributed by atoms with Gasteiger partial charge in [0.05, 0.1) is 11.3 Å². The van der Waals surface area contributed by atoms with Gasteiger partial charge in [-0.1, -0.05) is 64.5 Å². The lowest BCUT2D eigenvalue weighted by atomic mass is 10.1. The van der Waals surface area contributed by atoms with Gasteiger partial charge in [0, 0.05) is 15.4 Å². The molecule has 0 aliphatic carbocycles. The van der Waals surface area contributed by atoms with Crippen LogP contribution in [0.5, 0.6) is 0 Å². The highest BCUT2D eigenvalue weighted by atomic mass is 79.9. The van der Waals surface area contributed by atoms with E-state index in [1.807, 2.05) is 60.0 Å². The van der Waals surface area contributed by atoms with E-state index in [0.29, 0.717) is 10.7 Å². The number of carbonyl (C=O) groups is 2. The van der Waals surface area contributed by atoms with Crippen LogP contribution in [-0.4, -0.2) is 23.5 Å². The summed E-state index contributed by atoms with van der Waals surface area (Å²) >= 11 is 4.74. The Kier molecular flexibility index (Phi) is 5.69. The lowest BCUT2D eigenvalue weighted by Gasteiger charge is -2.07. The van der Waals surface area contributed by atoms with Crippen molar-refractivity contribution in [3.63, 3.8) is 0 Å². The van der Waals surface area contributed by atoms with Gasteiger partial charge in [-0.25, -0.2) is 9.78 Å². The number of anilines is 1. The average Bonchev–Trinajstić information content (AvgIpc) is 3.20. The van der Waals surface area contributed by atoms with E-state index in [1.54, 1.807) is 12.1 Å². The molecule has 0 radical (unpaired) electrons. The molecule has 0 saturated carbocycles. The largest absolute Gasteiger partial charge is 0.452 e. The molecule has 1 heterocycles. The van der Waals surface area contributed by atoms with Gasteiger partial charge < -0.3 is 4.74 Å². The van der Waals surface area contributed by atoms with Crippen molar-refractivity contribution in [3.8, 4) is 11.3 Å². The third-order valence-electron chi connectivity index (χ3n) is 4.21. The topological polar surface area (TPSA) is 68.3 Å². The average molecular weight is 467 g/mol. The summed E-state index contributed by atoms with van der Waals surface area (Å²) < 4.78 is 6.15. The number of rotatable bonds is 5. The van der Waals surface area contributed by atoms with Gasteiger partial charge in [0.25, 0.3) is 5.91 Å². The molecule has 1 N–H and O–H groups in total. The molecule has 0 aliphatic heterocycles. The zero-order chi connectivity index (χ0) is 20.2. The number of fused-ring (bicyclic) bond motifs is 1. The number of aromatic nitrogens is 1. The molecule has 0 bridgehead atoms. The van der Waals surface area contributed by atoms with Gasteiger partial charge in [0.15, 0.2) is 11.7 Å². The van der Waals surface area contributed by atoms with E-state index >= 15 is 0 Å². The lowest BCUT2D eigenvalue weighted by molar-refractivity contribution is -0.119. The summed E-state index contributed by atoms with van der Waals surface area (Å²) in [6.07, 6.45) is 0. The Hall–Kier alpha value is -3.03. The van der Waals surface area contributed by atoms with E-state index in [4.69, 9.17) is 4.74 Å². The second-order valence-corrected chi connectivity index (χ2v) is 7.97. The van der Waals surface area contributed by atoms with Gasteiger partial charge in [-0.15, -0.1) is 11.3 Å². The fourth-order valence-electron chi connectivity index (χ4n) is 2.88. The zero-order valence-electron chi connectivity index (χ0n) is 15.1. The minimum absolute atomic E-state index is 0.381. The normalized spacial score (nSPS) is 10.7. The van der Waals surface area contributed by atoms with Gasteiger partial charge >= 0.3 is 5.97 Å². The summed E-state index contributed by atoms with van der Waals surface area (Å²) in [5, 5.41) is 6.71. The fraction of sp³-hybridized carbons (Fsp3) is 0.0455. The van der Waals surface area contributed by atoms with Crippen LogP contribution in [0.3, 0.4) is 0 Å². The second-order valence-electron chi connectivity index (χ2n) is 6.20. The molecule has 29 heavy (non-hydrogen) atoms. The molecule has 0 saturated heterocycles. The number of ether oxygens (including phenoxy) is 1. The molecule has 0 aliphatic rings. The van der Waals surface area contributed by atoms with Crippen LogP contribution in [0.15, 0.2) is 76.6 Å². The number of thiazole rings is 1. The quantitative estimate of drug-likeness (QED) is 0.393. The molecule has 4 aromatic rings. The van der Waals surface area contributed by atoms with E-state index in [0.717, 1.165) is 26.5 Å². The van der Waals surface area contributed by atoms with Crippen molar-refractivity contribution in [1.82, 2.24) is 4.98 Å². The second kappa shape index (κ2) is 8.55. The predicted molar refractivity (Wildman–Crippen MR) is 118 cm³/mol. The number of nitrogens with zero attached hydrogens (tertiary/aromatic N) is 1. The Morgan fingerprint density at radius 3 is 2.69 bits per heavy atom. The fourth-order valence-corrected chi connectivity index (χ4v) is 4.01. The highest BCUT2D eigenvalue weighted by Crippen LogP contribution is 2.27. The van der Waals surface area contributed by atoms with E-state index in [9.17, 15) is 9.59 Å². The molecule has 5 nitrogen and oxygen atoms in total. The van der Waals surface area contributed by atoms with Crippen molar-refractivity contribution in [2.24, 2.45) is 0 Å². The first-order chi connectivity index (χ1) is 14.1. The van der Waals surface area contributed by atoms with Crippen molar-refractivity contribution in [3.05, 3.63) is 82.1 Å². The molecule has 1 amide bonds. The van der Waals surface area contributed by atoms with Crippen LogP contribution in [0.25, 0.3) is 22.0 Å². The molecular formula is C22H15BrN2O3S. The first-order valence-corrected chi connectivity index (χ1v) is 10.4. The van der Waals surface area contributed by atoms with E-state index < -0.39 is 11.9 Å². The van der Waals surface area contributed by atoms with Gasteiger partial charge in [-0.2, -0.15) is 0 Å². The number of benzene rings is 3. The number of hydrogen-bond donors (Lipinski definition) is 1. The first-order valence-electron chi connectivity index (χ1n) is 8.76. The minimum atomic E-state index is -0.536. The van der Waals surface area contributed by atoms with E-state index in [-0.39, 0.29) is 6.61 Å². The molecular weight excluding hydrogens is 452 g/mol. The highest BCUT2D eigenvalue weighted by molar-refractivity contribution is 9.10. The maximum Gasteiger partial charge on any atom is 0.339 e. The van der Waals surface area contributed by atoms with Crippen molar-refractivity contribution in [1.29, 1.82) is 0 Å². The van der Waals surface area contributed by atoms with Crippen molar-refractivity contribution < 1.29 is 14.3 Å². The molecule has 0 unspecified atom stereocenters. The van der Waals surface area contributed by atoms with Crippen molar-refractivity contribution in [2.75, 3.05) is 11.9 Å². The molecule has 0 atom stereocenters. The predicted octanol–water partition coefficient (Wildman–Crippen LogP) is 5.52. The van der Waals surface area contributed by atoms with Crippen LogP contribution in [0.1, 0.15) is 10.4 Å². The summed E-state index contributed by atoms with van der Waals surface area (Å²) in [6, 6.07) is 20.7. The Bertz CT molecular complexity index is 1200. The number of amides is 1. The Labute approximate surface area is 179 Å². The summed E-state index contributed by atoms with van der Waals surface area (Å²) in [5.41, 5.74) is 2.14. The minimum Gasteiger partial charge on any atom is -0.452 e. The number of nitrogens with one attached hydrogen (secondary N) is 1. The van der Waals surface area contributed by atoms with Gasteiger partial charge in [0.2, 0.25) is 0 Å². The summed E-state index contributed by atoms with van der Waals surface area (Å²) in [7, 11) is 0. The van der Waals surface area contributed by atoms with Crippen LogP contribution in [-0.2, 0) is 9.53 Å². The van der Waals surface area contributed by atoms with Crippen LogP contribution in [0.2, 0.25) is 0 Å². The molecule has 7 heteroatoms. The molecule has 144 valence electrons. The maximum atomic E-state index is 12.4. The smallest absolute Gasteiger partial charge is 0.339 e. The van der Waals surface area contributed by atoms with Gasteiger partial charge in [0.1, 0.15) is 0 Å². The third-order valence-corrected chi connectivity index (χ3v) is 5.47. The van der Waals surface area contributed by atoms with Crippen LogP contribution >= 0.6 is 27.3 Å².